The number of likely N-dealkylation sites (tertiary alicyclic amines) is 1. The van der Waals surface area contributed by atoms with Gasteiger partial charge in [0.1, 0.15) is 0 Å². The first-order valence-corrected chi connectivity index (χ1v) is 11.2. The van der Waals surface area contributed by atoms with Crippen molar-refractivity contribution in [3.63, 3.8) is 0 Å². The van der Waals surface area contributed by atoms with Crippen LogP contribution in [0.1, 0.15) is 40.4 Å². The monoisotopic (exact) mass is 403 g/mol. The van der Waals surface area contributed by atoms with Gasteiger partial charge in [0.25, 0.3) is 5.91 Å². The minimum atomic E-state index is -3.16. The van der Waals surface area contributed by atoms with E-state index in [1.807, 2.05) is 23.1 Å². The van der Waals surface area contributed by atoms with Crippen molar-refractivity contribution in [1.29, 1.82) is 0 Å². The minimum Gasteiger partial charge on any atom is -0.493 e. The van der Waals surface area contributed by atoms with Crippen molar-refractivity contribution >= 4 is 15.7 Å². The molecule has 0 bridgehead atoms. The maximum atomic E-state index is 13.1. The molecule has 150 valence electrons. The normalized spacial score (nSPS) is 16.8. The van der Waals surface area contributed by atoms with Gasteiger partial charge in [-0.15, -0.1) is 0 Å². The lowest BCUT2D eigenvalue weighted by atomic mass is 10.0. The molecule has 1 fully saturated rings. The first-order valence-electron chi connectivity index (χ1n) is 9.12. The highest BCUT2D eigenvalue weighted by Crippen LogP contribution is 2.37. The predicted molar refractivity (Wildman–Crippen MR) is 108 cm³/mol. The van der Waals surface area contributed by atoms with Crippen molar-refractivity contribution < 1.29 is 22.7 Å². The first kappa shape index (κ1) is 20.2. The highest BCUT2D eigenvalue weighted by Gasteiger charge is 2.31. The molecule has 1 amide bonds. The number of carbonyl (C=O) groups is 1. The third-order valence-corrected chi connectivity index (χ3v) is 5.77. The molecule has 1 unspecified atom stereocenters. The van der Waals surface area contributed by atoms with E-state index < -0.39 is 9.84 Å². The zero-order valence-electron chi connectivity index (χ0n) is 16.3. The molecular formula is C21H25NO5S. The van der Waals surface area contributed by atoms with Crippen LogP contribution in [0.5, 0.6) is 11.5 Å². The second-order valence-electron chi connectivity index (χ2n) is 7.04. The molecule has 6 nitrogen and oxygen atoms in total. The lowest BCUT2D eigenvalue weighted by Crippen LogP contribution is -2.30. The van der Waals surface area contributed by atoms with Crippen LogP contribution in [0.4, 0.5) is 0 Å². The summed E-state index contributed by atoms with van der Waals surface area (Å²) in [6, 6.07) is 12.5. The van der Waals surface area contributed by atoms with Crippen molar-refractivity contribution in [2.45, 2.75) is 24.6 Å². The van der Waals surface area contributed by atoms with Gasteiger partial charge >= 0.3 is 0 Å². The van der Waals surface area contributed by atoms with Crippen molar-refractivity contribution in [3.05, 3.63) is 59.2 Å². The molecule has 0 aliphatic carbocycles. The van der Waals surface area contributed by atoms with Gasteiger partial charge in [0, 0.05) is 18.4 Å². The van der Waals surface area contributed by atoms with Crippen LogP contribution in [-0.4, -0.2) is 46.2 Å². The largest absolute Gasteiger partial charge is 0.493 e. The van der Waals surface area contributed by atoms with Crippen LogP contribution in [0.15, 0.2) is 42.5 Å². The van der Waals surface area contributed by atoms with Crippen LogP contribution < -0.4 is 9.47 Å². The summed E-state index contributed by atoms with van der Waals surface area (Å²) in [5, 5.41) is 0. The van der Waals surface area contributed by atoms with E-state index in [1.54, 1.807) is 38.5 Å². The summed E-state index contributed by atoms with van der Waals surface area (Å²) < 4.78 is 33.8. The van der Waals surface area contributed by atoms with Crippen LogP contribution in [0.2, 0.25) is 0 Å². The second kappa shape index (κ2) is 8.22. The molecule has 2 aromatic carbocycles. The minimum absolute atomic E-state index is 0.0501. The van der Waals surface area contributed by atoms with E-state index in [9.17, 15) is 13.2 Å². The second-order valence-corrected chi connectivity index (χ2v) is 9.18. The van der Waals surface area contributed by atoms with Crippen LogP contribution in [0.3, 0.4) is 0 Å². The predicted octanol–water partition coefficient (Wildman–Crippen LogP) is 3.23. The van der Waals surface area contributed by atoms with E-state index in [2.05, 4.69) is 0 Å². The number of methoxy groups -OCH3 is 2. The SMILES string of the molecule is COc1ccc(C2CCCN2C(=O)c2cccc(CS(C)(=O)=O)c2)cc1OC. The molecule has 1 saturated heterocycles. The van der Waals surface area contributed by atoms with Crippen LogP contribution in [0.25, 0.3) is 0 Å². The summed E-state index contributed by atoms with van der Waals surface area (Å²) in [6.07, 6.45) is 2.97. The Bertz CT molecular complexity index is 971. The van der Waals surface area contributed by atoms with E-state index >= 15 is 0 Å². The lowest BCUT2D eigenvalue weighted by Gasteiger charge is -2.26. The number of ether oxygens (including phenoxy) is 2. The van der Waals surface area contributed by atoms with E-state index in [4.69, 9.17) is 9.47 Å². The van der Waals surface area contributed by atoms with Crippen LogP contribution in [0, 0.1) is 0 Å². The smallest absolute Gasteiger partial charge is 0.254 e. The number of carbonyl (C=O) groups excluding carboxylic acids is 1. The Morgan fingerprint density at radius 3 is 2.54 bits per heavy atom. The van der Waals surface area contributed by atoms with Gasteiger partial charge in [0.15, 0.2) is 21.3 Å². The van der Waals surface area contributed by atoms with Crippen molar-refractivity contribution in [3.8, 4) is 11.5 Å². The number of sulfone groups is 1. The number of benzene rings is 2. The Hall–Kier alpha value is -2.54. The standard InChI is InChI=1S/C21H25NO5S/c1-26-19-10-9-16(13-20(19)27-2)18-8-5-11-22(18)21(23)17-7-4-6-15(12-17)14-28(3,24)25/h4,6-7,9-10,12-13,18H,5,8,11,14H2,1-3H3. The Balaban J connectivity index is 1.87. The lowest BCUT2D eigenvalue weighted by molar-refractivity contribution is 0.0735. The average molecular weight is 404 g/mol. The van der Waals surface area contributed by atoms with Gasteiger partial charge in [-0.1, -0.05) is 18.2 Å². The Labute approximate surface area is 166 Å². The zero-order chi connectivity index (χ0) is 20.3. The molecule has 0 aromatic heterocycles. The van der Waals surface area contributed by atoms with Crippen LogP contribution in [-0.2, 0) is 15.6 Å². The number of amides is 1. The van der Waals surface area contributed by atoms with Gasteiger partial charge in [-0.2, -0.15) is 0 Å². The molecule has 1 aliphatic heterocycles. The van der Waals surface area contributed by atoms with Gasteiger partial charge in [-0.3, -0.25) is 4.79 Å². The number of hydrogen-bond acceptors (Lipinski definition) is 5. The summed E-state index contributed by atoms with van der Waals surface area (Å²) in [5.74, 6) is 1.12. The molecule has 2 aromatic rings. The molecule has 0 spiro atoms. The number of rotatable bonds is 6. The topological polar surface area (TPSA) is 72.9 Å². The summed E-state index contributed by atoms with van der Waals surface area (Å²) in [6.45, 7) is 0.661. The van der Waals surface area contributed by atoms with E-state index in [1.165, 1.54) is 6.26 Å². The molecule has 0 saturated carbocycles. The van der Waals surface area contributed by atoms with Gasteiger partial charge < -0.3 is 14.4 Å². The number of nitrogens with zero attached hydrogens (tertiary/aromatic N) is 1. The van der Waals surface area contributed by atoms with Crippen molar-refractivity contribution in [1.82, 2.24) is 4.90 Å². The maximum Gasteiger partial charge on any atom is 0.254 e. The summed E-state index contributed by atoms with van der Waals surface area (Å²) in [4.78, 5) is 15.0. The average Bonchev–Trinajstić information content (AvgIpc) is 3.15. The van der Waals surface area contributed by atoms with Gasteiger partial charge in [-0.25, -0.2) is 8.42 Å². The molecule has 28 heavy (non-hydrogen) atoms. The highest BCUT2D eigenvalue weighted by molar-refractivity contribution is 7.89. The zero-order valence-corrected chi connectivity index (χ0v) is 17.2. The molecule has 1 heterocycles. The van der Waals surface area contributed by atoms with E-state index in [0.717, 1.165) is 18.4 Å². The van der Waals surface area contributed by atoms with Gasteiger partial charge in [-0.05, 0) is 48.2 Å². The molecule has 0 radical (unpaired) electrons. The van der Waals surface area contributed by atoms with Gasteiger partial charge in [0.05, 0.1) is 26.0 Å². The van der Waals surface area contributed by atoms with Crippen LogP contribution >= 0.6 is 0 Å². The fourth-order valence-electron chi connectivity index (χ4n) is 3.68. The molecule has 3 rings (SSSR count). The fourth-order valence-corrected chi connectivity index (χ4v) is 4.46. The Morgan fingerprint density at radius 2 is 1.86 bits per heavy atom. The van der Waals surface area contributed by atoms with Crippen molar-refractivity contribution in [2.75, 3.05) is 27.0 Å². The summed E-state index contributed by atoms with van der Waals surface area (Å²) >= 11 is 0. The summed E-state index contributed by atoms with van der Waals surface area (Å²) in [5.41, 5.74) is 2.12. The number of hydrogen-bond donors (Lipinski definition) is 0. The molecule has 7 heteroatoms. The summed E-state index contributed by atoms with van der Waals surface area (Å²) in [7, 11) is 0.0220. The third kappa shape index (κ3) is 4.47. The fraction of sp³-hybridized carbons (Fsp3) is 0.381. The van der Waals surface area contributed by atoms with Crippen molar-refractivity contribution in [2.24, 2.45) is 0 Å². The quantitative estimate of drug-likeness (QED) is 0.740. The Morgan fingerprint density at radius 1 is 1.11 bits per heavy atom. The third-order valence-electron chi connectivity index (χ3n) is 4.91. The van der Waals surface area contributed by atoms with Gasteiger partial charge in [0.2, 0.25) is 0 Å². The highest BCUT2D eigenvalue weighted by atomic mass is 32.2. The molecular weight excluding hydrogens is 378 g/mol. The first-order chi connectivity index (χ1) is 13.3. The molecule has 0 N–H and O–H groups in total. The molecule has 1 aliphatic rings. The Kier molecular flexibility index (Phi) is 5.93. The maximum absolute atomic E-state index is 13.1. The van der Waals surface area contributed by atoms with E-state index in [-0.39, 0.29) is 17.7 Å². The van der Waals surface area contributed by atoms with E-state index in [0.29, 0.717) is 29.2 Å². The molecule has 1 atom stereocenters.